The second kappa shape index (κ2) is 5.36. The molecule has 0 unspecified atom stereocenters. The molecule has 1 N–H and O–H groups in total. The fourth-order valence-electron chi connectivity index (χ4n) is 1.33. The molecular formula is C11H15NO. The second-order valence-corrected chi connectivity index (χ2v) is 3.12. The fourth-order valence-corrected chi connectivity index (χ4v) is 1.33. The molecule has 0 bridgehead atoms. The van der Waals surface area contributed by atoms with Crippen molar-refractivity contribution in [1.29, 1.82) is 0 Å². The molecule has 2 heteroatoms. The summed E-state index contributed by atoms with van der Waals surface area (Å²) < 4.78 is 0. The molecule has 0 spiro atoms. The van der Waals surface area contributed by atoms with E-state index in [-0.39, 0.29) is 0 Å². The van der Waals surface area contributed by atoms with Crippen LogP contribution in [-0.2, 0) is 6.42 Å². The molecule has 0 atom stereocenters. The van der Waals surface area contributed by atoms with Crippen molar-refractivity contribution < 1.29 is 5.21 Å². The Morgan fingerprint density at radius 2 is 2.15 bits per heavy atom. The van der Waals surface area contributed by atoms with E-state index in [0.29, 0.717) is 0 Å². The monoisotopic (exact) mass is 177 g/mol. The van der Waals surface area contributed by atoms with E-state index in [1.807, 2.05) is 6.07 Å². The highest BCUT2D eigenvalue weighted by molar-refractivity contribution is 5.56. The molecule has 0 aromatic heterocycles. The highest BCUT2D eigenvalue weighted by Crippen LogP contribution is 2.09. The number of rotatable bonds is 4. The van der Waals surface area contributed by atoms with Crippen LogP contribution in [0.1, 0.15) is 24.0 Å². The van der Waals surface area contributed by atoms with E-state index < -0.39 is 0 Å². The zero-order valence-corrected chi connectivity index (χ0v) is 7.90. The molecule has 2 nitrogen and oxygen atoms in total. The Bertz CT molecular complexity index is 281. The van der Waals surface area contributed by atoms with Gasteiger partial charge in [-0.15, -0.1) is 5.16 Å². The predicted molar refractivity (Wildman–Crippen MR) is 54.4 cm³/mol. The van der Waals surface area contributed by atoms with Gasteiger partial charge in [-0.05, 0) is 37.3 Å². The van der Waals surface area contributed by atoms with Crippen LogP contribution < -0.4 is 0 Å². The lowest BCUT2D eigenvalue weighted by Gasteiger charge is -2.02. The normalized spacial score (nSPS) is 10.8. The number of nitrogens with zero attached hydrogens (tertiary/aromatic N) is 1. The second-order valence-electron chi connectivity index (χ2n) is 3.12. The number of hydrogen-bond acceptors (Lipinski definition) is 2. The number of aryl methyl sites for hydroxylation is 2. The van der Waals surface area contributed by atoms with Gasteiger partial charge in [0.1, 0.15) is 0 Å². The van der Waals surface area contributed by atoms with Gasteiger partial charge in [-0.2, -0.15) is 0 Å². The van der Waals surface area contributed by atoms with Crippen LogP contribution in [0.3, 0.4) is 0 Å². The highest BCUT2D eigenvalue weighted by Gasteiger charge is 1.95. The topological polar surface area (TPSA) is 32.6 Å². The summed E-state index contributed by atoms with van der Waals surface area (Å²) in [6.07, 6.45) is 4.47. The first-order chi connectivity index (χ1) is 6.34. The highest BCUT2D eigenvalue weighted by atomic mass is 16.4. The largest absolute Gasteiger partial charge is 0.411 e. The van der Waals surface area contributed by atoms with Gasteiger partial charge in [-0.3, -0.25) is 0 Å². The van der Waals surface area contributed by atoms with Crippen LogP contribution >= 0.6 is 0 Å². The summed E-state index contributed by atoms with van der Waals surface area (Å²) in [5, 5.41) is 11.2. The molecule has 1 aromatic carbocycles. The minimum Gasteiger partial charge on any atom is -0.411 e. The van der Waals surface area contributed by atoms with Crippen LogP contribution in [0.4, 0.5) is 0 Å². The van der Waals surface area contributed by atoms with Crippen LogP contribution in [-0.4, -0.2) is 11.4 Å². The summed E-state index contributed by atoms with van der Waals surface area (Å²) in [7, 11) is 0. The van der Waals surface area contributed by atoms with Crippen molar-refractivity contribution in [2.75, 3.05) is 0 Å². The van der Waals surface area contributed by atoms with Crippen molar-refractivity contribution in [3.63, 3.8) is 0 Å². The molecule has 1 rings (SSSR count). The molecule has 0 aliphatic carbocycles. The average Bonchev–Trinajstić information content (AvgIpc) is 2.15. The molecule has 0 amide bonds. The number of benzene rings is 1. The predicted octanol–water partition coefficient (Wildman–Crippen LogP) is 2.78. The van der Waals surface area contributed by atoms with Gasteiger partial charge in [0.15, 0.2) is 0 Å². The first-order valence-electron chi connectivity index (χ1n) is 4.55. The van der Waals surface area contributed by atoms with Crippen LogP contribution in [0.2, 0.25) is 0 Å². The molecule has 0 aliphatic heterocycles. The Morgan fingerprint density at radius 1 is 1.38 bits per heavy atom. The summed E-state index contributed by atoms with van der Waals surface area (Å²) in [5.74, 6) is 0. The third-order valence-corrected chi connectivity index (χ3v) is 2.12. The van der Waals surface area contributed by atoms with Crippen LogP contribution in [0.15, 0.2) is 29.4 Å². The Balaban J connectivity index is 2.41. The maximum absolute atomic E-state index is 8.19. The Labute approximate surface area is 78.9 Å². The summed E-state index contributed by atoms with van der Waals surface area (Å²) >= 11 is 0. The zero-order valence-electron chi connectivity index (χ0n) is 7.90. The Kier molecular flexibility index (Phi) is 4.03. The number of oxime groups is 1. The summed E-state index contributed by atoms with van der Waals surface area (Å²) in [5.41, 5.74) is 2.72. The van der Waals surface area contributed by atoms with E-state index in [0.717, 1.165) is 19.3 Å². The maximum Gasteiger partial charge on any atom is 0.0436 e. The molecular weight excluding hydrogens is 162 g/mol. The van der Waals surface area contributed by atoms with Gasteiger partial charge in [0.25, 0.3) is 0 Å². The Hall–Kier alpha value is -1.31. The van der Waals surface area contributed by atoms with Gasteiger partial charge in [-0.25, -0.2) is 0 Å². The molecule has 0 radical (unpaired) electrons. The number of unbranched alkanes of at least 4 members (excludes halogenated alkanes) is 1. The maximum atomic E-state index is 8.19. The van der Waals surface area contributed by atoms with E-state index >= 15 is 0 Å². The minimum atomic E-state index is 0.838. The summed E-state index contributed by atoms with van der Waals surface area (Å²) in [6, 6.07) is 8.37. The van der Waals surface area contributed by atoms with Gasteiger partial charge in [0.2, 0.25) is 0 Å². The van der Waals surface area contributed by atoms with Crippen molar-refractivity contribution in [3.8, 4) is 0 Å². The zero-order chi connectivity index (χ0) is 9.52. The van der Waals surface area contributed by atoms with Crippen LogP contribution in [0.5, 0.6) is 0 Å². The molecule has 1 aromatic rings. The smallest absolute Gasteiger partial charge is 0.0436 e. The van der Waals surface area contributed by atoms with Crippen molar-refractivity contribution in [2.24, 2.45) is 5.16 Å². The standard InChI is InChI=1S/C11H15NO/c1-10-6-2-3-7-11(10)8-4-5-9-12-13/h2-3,6-7,9,13H,4-5,8H2,1H3. The number of hydrogen-bond donors (Lipinski definition) is 1. The van der Waals surface area contributed by atoms with E-state index in [1.54, 1.807) is 0 Å². The quantitative estimate of drug-likeness (QED) is 0.326. The van der Waals surface area contributed by atoms with E-state index in [9.17, 15) is 0 Å². The molecule has 0 saturated carbocycles. The lowest BCUT2D eigenvalue weighted by atomic mass is 10.0. The molecule has 0 aliphatic rings. The van der Waals surface area contributed by atoms with Crippen molar-refractivity contribution in [2.45, 2.75) is 26.2 Å². The third kappa shape index (κ3) is 3.28. The lowest BCUT2D eigenvalue weighted by molar-refractivity contribution is 0.320. The van der Waals surface area contributed by atoms with E-state index in [1.165, 1.54) is 17.3 Å². The first kappa shape index (κ1) is 9.78. The average molecular weight is 177 g/mol. The SMILES string of the molecule is Cc1ccccc1CCCC=NO. The molecule has 0 fully saturated rings. The molecule has 70 valence electrons. The summed E-state index contributed by atoms with van der Waals surface area (Å²) in [6.45, 7) is 2.12. The van der Waals surface area contributed by atoms with Gasteiger partial charge in [0, 0.05) is 6.21 Å². The third-order valence-electron chi connectivity index (χ3n) is 2.12. The summed E-state index contributed by atoms with van der Waals surface area (Å²) in [4.78, 5) is 0. The van der Waals surface area contributed by atoms with E-state index in [4.69, 9.17) is 5.21 Å². The lowest BCUT2D eigenvalue weighted by Crippen LogP contribution is -1.89. The van der Waals surface area contributed by atoms with Gasteiger partial charge < -0.3 is 5.21 Å². The van der Waals surface area contributed by atoms with Crippen molar-refractivity contribution in [3.05, 3.63) is 35.4 Å². The van der Waals surface area contributed by atoms with Gasteiger partial charge >= 0.3 is 0 Å². The minimum absolute atomic E-state index is 0.838. The molecule has 13 heavy (non-hydrogen) atoms. The fraction of sp³-hybridized carbons (Fsp3) is 0.364. The van der Waals surface area contributed by atoms with Crippen molar-refractivity contribution in [1.82, 2.24) is 0 Å². The van der Waals surface area contributed by atoms with Gasteiger partial charge in [-0.1, -0.05) is 24.3 Å². The van der Waals surface area contributed by atoms with E-state index in [2.05, 4.69) is 30.3 Å². The van der Waals surface area contributed by atoms with Crippen LogP contribution in [0.25, 0.3) is 0 Å². The molecule has 0 heterocycles. The van der Waals surface area contributed by atoms with Crippen molar-refractivity contribution >= 4 is 6.21 Å². The van der Waals surface area contributed by atoms with Crippen LogP contribution in [0, 0.1) is 6.92 Å². The first-order valence-corrected chi connectivity index (χ1v) is 4.55. The molecule has 0 saturated heterocycles. The van der Waals surface area contributed by atoms with Gasteiger partial charge in [0.05, 0.1) is 0 Å². The Morgan fingerprint density at radius 3 is 2.85 bits per heavy atom.